The number of carbonyl (C=O) groups excluding carboxylic acids is 4. The molecule has 0 unspecified atom stereocenters. The molecule has 9 heteroatoms. The lowest BCUT2D eigenvalue weighted by atomic mass is 9.82. The third-order valence-electron chi connectivity index (χ3n) is 5.85. The standard InChI is InChI=1S/C26H38N4O5/c1-17(2)15-21(20(25(33)29-35)12-8-11-19-9-6-5-7-10-19)24(32)28-30(16-18(3)4)26(34)22-13-14-23(31)27-22/h5-11,17-18,20-22,35H,12-16H2,1-4H3,(H,27,31)(H,28,32)(H,29,33)/b11-8+/t20-,21+,22-/m0/s1. The molecule has 0 radical (unpaired) electrons. The summed E-state index contributed by atoms with van der Waals surface area (Å²) in [6.07, 6.45) is 4.91. The van der Waals surface area contributed by atoms with E-state index in [1.807, 2.05) is 64.1 Å². The van der Waals surface area contributed by atoms with E-state index in [0.29, 0.717) is 12.8 Å². The predicted octanol–water partition coefficient (Wildman–Crippen LogP) is 2.67. The molecular formula is C26H38N4O5. The monoisotopic (exact) mass is 486 g/mol. The minimum Gasteiger partial charge on any atom is -0.344 e. The summed E-state index contributed by atoms with van der Waals surface area (Å²) in [5.74, 6) is -3.19. The van der Waals surface area contributed by atoms with Gasteiger partial charge in [0.2, 0.25) is 17.7 Å². The van der Waals surface area contributed by atoms with E-state index in [0.717, 1.165) is 5.56 Å². The summed E-state index contributed by atoms with van der Waals surface area (Å²) in [5, 5.41) is 13.3. The van der Waals surface area contributed by atoms with Crippen molar-refractivity contribution in [2.45, 2.75) is 59.4 Å². The van der Waals surface area contributed by atoms with Crippen LogP contribution < -0.4 is 16.2 Å². The second kappa shape index (κ2) is 13.6. The topological polar surface area (TPSA) is 128 Å². The Morgan fingerprint density at radius 2 is 1.77 bits per heavy atom. The summed E-state index contributed by atoms with van der Waals surface area (Å²) in [5.41, 5.74) is 5.37. The molecule has 1 aliphatic heterocycles. The molecule has 0 aliphatic carbocycles. The Hall–Kier alpha value is -3.20. The van der Waals surface area contributed by atoms with Crippen LogP contribution in [0, 0.1) is 23.7 Å². The van der Waals surface area contributed by atoms with E-state index in [1.165, 1.54) is 5.01 Å². The fourth-order valence-electron chi connectivity index (χ4n) is 4.17. The highest BCUT2D eigenvalue weighted by Gasteiger charge is 2.37. The normalized spacial score (nSPS) is 17.3. The molecule has 2 rings (SSSR count). The van der Waals surface area contributed by atoms with Gasteiger partial charge in [-0.2, -0.15) is 0 Å². The van der Waals surface area contributed by atoms with Crippen molar-refractivity contribution in [3.05, 3.63) is 42.0 Å². The number of carbonyl (C=O) groups is 4. The summed E-state index contributed by atoms with van der Waals surface area (Å²) >= 11 is 0. The predicted molar refractivity (Wildman–Crippen MR) is 132 cm³/mol. The Morgan fingerprint density at radius 1 is 1.09 bits per heavy atom. The summed E-state index contributed by atoms with van der Waals surface area (Å²) < 4.78 is 0. The smallest absolute Gasteiger partial charge is 0.263 e. The van der Waals surface area contributed by atoms with Crippen LogP contribution in [-0.4, -0.2) is 46.4 Å². The third-order valence-corrected chi connectivity index (χ3v) is 5.85. The summed E-state index contributed by atoms with van der Waals surface area (Å²) in [4.78, 5) is 50.8. The van der Waals surface area contributed by atoms with Crippen molar-refractivity contribution in [1.29, 1.82) is 0 Å². The van der Waals surface area contributed by atoms with Crippen molar-refractivity contribution < 1.29 is 24.4 Å². The lowest BCUT2D eigenvalue weighted by Gasteiger charge is -2.31. The number of hydrogen-bond donors (Lipinski definition) is 4. The van der Waals surface area contributed by atoms with Gasteiger partial charge in [-0.3, -0.25) is 34.8 Å². The van der Waals surface area contributed by atoms with Gasteiger partial charge in [-0.05, 0) is 36.7 Å². The Kier molecular flexibility index (Phi) is 10.9. The number of benzene rings is 1. The highest BCUT2D eigenvalue weighted by Crippen LogP contribution is 2.26. The average Bonchev–Trinajstić information content (AvgIpc) is 3.25. The molecule has 1 aromatic carbocycles. The van der Waals surface area contributed by atoms with E-state index in [1.54, 1.807) is 11.6 Å². The van der Waals surface area contributed by atoms with E-state index < -0.39 is 29.7 Å². The number of amides is 4. The number of nitrogens with one attached hydrogen (secondary N) is 3. The van der Waals surface area contributed by atoms with E-state index in [-0.39, 0.29) is 43.0 Å². The molecule has 4 amide bonds. The SMILES string of the molecule is CC(C)C[C@@H](C(=O)NN(CC(C)C)C(=O)[C@@H]1CCC(=O)N1)[C@H](C/C=C/c1ccccc1)C(=O)NO. The third kappa shape index (κ3) is 8.83. The van der Waals surface area contributed by atoms with Gasteiger partial charge in [0.05, 0.1) is 11.8 Å². The number of hydrazine groups is 1. The summed E-state index contributed by atoms with van der Waals surface area (Å²) in [6.45, 7) is 7.98. The molecule has 35 heavy (non-hydrogen) atoms. The zero-order valence-corrected chi connectivity index (χ0v) is 21.0. The van der Waals surface area contributed by atoms with Gasteiger partial charge >= 0.3 is 0 Å². The lowest BCUT2D eigenvalue weighted by molar-refractivity contribution is -0.148. The van der Waals surface area contributed by atoms with Crippen LogP contribution in [0.4, 0.5) is 0 Å². The first kappa shape index (κ1) is 28.0. The number of hydrogen-bond acceptors (Lipinski definition) is 5. The van der Waals surface area contributed by atoms with Gasteiger partial charge < -0.3 is 5.32 Å². The average molecular weight is 487 g/mol. The minimum atomic E-state index is -0.843. The molecule has 1 saturated heterocycles. The molecule has 1 fully saturated rings. The van der Waals surface area contributed by atoms with E-state index in [4.69, 9.17) is 0 Å². The largest absolute Gasteiger partial charge is 0.344 e. The second-order valence-corrected chi connectivity index (χ2v) is 9.84. The molecule has 0 saturated carbocycles. The highest BCUT2D eigenvalue weighted by atomic mass is 16.5. The Labute approximate surface area is 207 Å². The second-order valence-electron chi connectivity index (χ2n) is 9.84. The van der Waals surface area contributed by atoms with Crippen molar-refractivity contribution in [3.63, 3.8) is 0 Å². The first-order valence-corrected chi connectivity index (χ1v) is 12.2. The molecule has 3 atom stereocenters. The van der Waals surface area contributed by atoms with Gasteiger partial charge in [-0.25, -0.2) is 5.48 Å². The van der Waals surface area contributed by atoms with Gasteiger partial charge in [0.15, 0.2) is 0 Å². The zero-order chi connectivity index (χ0) is 26.0. The van der Waals surface area contributed by atoms with Crippen molar-refractivity contribution >= 4 is 29.7 Å². The van der Waals surface area contributed by atoms with Crippen LogP contribution in [0.1, 0.15) is 58.9 Å². The van der Waals surface area contributed by atoms with E-state index in [9.17, 15) is 24.4 Å². The van der Waals surface area contributed by atoms with E-state index >= 15 is 0 Å². The molecule has 1 aliphatic rings. The van der Waals surface area contributed by atoms with Gasteiger partial charge in [0.1, 0.15) is 6.04 Å². The van der Waals surface area contributed by atoms with Crippen molar-refractivity contribution in [2.75, 3.05) is 6.54 Å². The Bertz CT molecular complexity index is 900. The maximum Gasteiger partial charge on any atom is 0.263 e. The molecule has 1 heterocycles. The molecule has 1 aromatic rings. The molecule has 0 bridgehead atoms. The van der Waals surface area contributed by atoms with Gasteiger partial charge in [0, 0.05) is 13.0 Å². The maximum atomic E-state index is 13.5. The first-order valence-electron chi connectivity index (χ1n) is 12.2. The van der Waals surface area contributed by atoms with Crippen molar-refractivity contribution in [2.24, 2.45) is 23.7 Å². The molecule has 0 aromatic heterocycles. The van der Waals surface area contributed by atoms with Crippen LogP contribution in [0.25, 0.3) is 6.08 Å². The quantitative estimate of drug-likeness (QED) is 0.282. The van der Waals surface area contributed by atoms with Crippen molar-refractivity contribution in [1.82, 2.24) is 21.2 Å². The summed E-state index contributed by atoms with van der Waals surface area (Å²) in [6, 6.07) is 8.87. The zero-order valence-electron chi connectivity index (χ0n) is 21.0. The molecule has 0 spiro atoms. The molecular weight excluding hydrogens is 448 g/mol. The molecule has 192 valence electrons. The van der Waals surface area contributed by atoms with Gasteiger partial charge in [0.25, 0.3) is 5.91 Å². The number of allylic oxidation sites excluding steroid dienone is 1. The summed E-state index contributed by atoms with van der Waals surface area (Å²) in [7, 11) is 0. The lowest BCUT2D eigenvalue weighted by Crippen LogP contribution is -2.56. The Morgan fingerprint density at radius 3 is 2.31 bits per heavy atom. The number of hydroxylamine groups is 1. The van der Waals surface area contributed by atoms with Crippen LogP contribution in [-0.2, 0) is 19.2 Å². The van der Waals surface area contributed by atoms with Crippen LogP contribution in [0.2, 0.25) is 0 Å². The molecule has 9 nitrogen and oxygen atoms in total. The van der Waals surface area contributed by atoms with Crippen LogP contribution >= 0.6 is 0 Å². The van der Waals surface area contributed by atoms with Crippen molar-refractivity contribution in [3.8, 4) is 0 Å². The van der Waals surface area contributed by atoms with Gasteiger partial charge in [-0.1, -0.05) is 70.2 Å². The highest BCUT2D eigenvalue weighted by molar-refractivity contribution is 5.93. The van der Waals surface area contributed by atoms with Crippen LogP contribution in [0.5, 0.6) is 0 Å². The first-order chi connectivity index (χ1) is 16.6. The van der Waals surface area contributed by atoms with Crippen LogP contribution in [0.3, 0.4) is 0 Å². The fourth-order valence-corrected chi connectivity index (χ4v) is 4.17. The molecule has 4 N–H and O–H groups in total. The minimum absolute atomic E-state index is 0.0604. The maximum absolute atomic E-state index is 13.5. The van der Waals surface area contributed by atoms with Gasteiger partial charge in [-0.15, -0.1) is 0 Å². The van der Waals surface area contributed by atoms with E-state index in [2.05, 4.69) is 10.7 Å². The number of rotatable bonds is 11. The van der Waals surface area contributed by atoms with Crippen LogP contribution in [0.15, 0.2) is 36.4 Å². The fraction of sp³-hybridized carbons (Fsp3) is 0.538. The Balaban J connectivity index is 2.24. The number of nitrogens with zero attached hydrogens (tertiary/aromatic N) is 1.